The number of ether oxygens (including phenoxy) is 1. The number of hydrogen-bond donors (Lipinski definition) is 3. The van der Waals surface area contributed by atoms with Crippen LogP contribution < -0.4 is 16.0 Å². The number of benzene rings is 1. The fourth-order valence-corrected chi connectivity index (χ4v) is 2.42. The van der Waals surface area contributed by atoms with E-state index in [0.717, 1.165) is 5.56 Å². The van der Waals surface area contributed by atoms with Crippen molar-refractivity contribution < 1.29 is 9.53 Å². The fraction of sp³-hybridized carbons (Fsp3) is 0.462. The third-order valence-corrected chi connectivity index (χ3v) is 3.41. The van der Waals surface area contributed by atoms with E-state index in [0.29, 0.717) is 6.61 Å². The van der Waals surface area contributed by atoms with Gasteiger partial charge in [0, 0.05) is 0 Å². The maximum absolute atomic E-state index is 12.1. The Labute approximate surface area is 107 Å². The van der Waals surface area contributed by atoms with E-state index in [9.17, 15) is 4.79 Å². The lowest BCUT2D eigenvalue weighted by molar-refractivity contribution is -0.147. The largest absolute Gasteiger partial charge is 0.464 e. The third kappa shape index (κ3) is 1.63. The van der Waals surface area contributed by atoms with Crippen LogP contribution in [0.1, 0.15) is 12.5 Å². The summed E-state index contributed by atoms with van der Waals surface area (Å²) in [5.74, 6) is -0.300. The van der Waals surface area contributed by atoms with Crippen molar-refractivity contribution in [2.24, 2.45) is 0 Å². The number of nitrogens with one attached hydrogen (secondary N) is 3. The summed E-state index contributed by atoms with van der Waals surface area (Å²) in [5, 5.41) is 9.40. The lowest BCUT2D eigenvalue weighted by Crippen LogP contribution is -2.50. The molecular weight excluding hydrogens is 230 g/mol. The molecule has 1 aromatic rings. The van der Waals surface area contributed by atoms with Crippen LogP contribution in [0.4, 0.5) is 0 Å². The van der Waals surface area contributed by atoms with E-state index >= 15 is 0 Å². The molecule has 0 radical (unpaired) electrons. The van der Waals surface area contributed by atoms with Gasteiger partial charge >= 0.3 is 5.97 Å². The lowest BCUT2D eigenvalue weighted by Gasteiger charge is -2.21. The zero-order valence-corrected chi connectivity index (χ0v) is 10.9. The van der Waals surface area contributed by atoms with Crippen molar-refractivity contribution in [3.63, 3.8) is 0 Å². The molecule has 2 atom stereocenters. The minimum Gasteiger partial charge on any atom is -0.464 e. The second-order valence-electron chi connectivity index (χ2n) is 4.21. The van der Waals surface area contributed by atoms with Crippen molar-refractivity contribution >= 4 is 5.97 Å². The predicted octanol–water partition coefficient (Wildman–Crippen LogP) is 0.141. The van der Waals surface area contributed by atoms with Gasteiger partial charge in [0.1, 0.15) is 5.66 Å². The van der Waals surface area contributed by atoms with Crippen LogP contribution in [-0.4, -0.2) is 32.3 Å². The average molecular weight is 249 g/mol. The molecule has 18 heavy (non-hydrogen) atoms. The van der Waals surface area contributed by atoms with Crippen molar-refractivity contribution in [3.05, 3.63) is 35.9 Å². The first-order valence-corrected chi connectivity index (χ1v) is 6.06. The number of likely N-dealkylation sites (N-methyl/N-ethyl adjacent to an activating group) is 2. The highest BCUT2D eigenvalue weighted by atomic mass is 16.5. The van der Waals surface area contributed by atoms with E-state index < -0.39 is 11.3 Å². The summed E-state index contributed by atoms with van der Waals surface area (Å²) >= 11 is 0. The number of esters is 1. The molecule has 1 saturated heterocycles. The molecule has 1 fully saturated rings. The standard InChI is InChI=1S/C13H19N3O2/c1-4-18-11(17)13(15-3)12(14-2,16-13)10-8-6-5-7-9-10/h5-9,14-16H,4H2,1-3H3. The van der Waals surface area contributed by atoms with Gasteiger partial charge in [-0.2, -0.15) is 0 Å². The van der Waals surface area contributed by atoms with Crippen LogP contribution in [0.25, 0.3) is 0 Å². The first kappa shape index (κ1) is 13.0. The number of hydrogen-bond acceptors (Lipinski definition) is 5. The molecule has 5 heteroatoms. The van der Waals surface area contributed by atoms with Crippen LogP contribution in [0.5, 0.6) is 0 Å². The zero-order chi connectivity index (χ0) is 13.2. The lowest BCUT2D eigenvalue weighted by atomic mass is 9.99. The zero-order valence-electron chi connectivity index (χ0n) is 10.9. The highest BCUT2D eigenvalue weighted by molar-refractivity contribution is 5.87. The monoisotopic (exact) mass is 249 g/mol. The summed E-state index contributed by atoms with van der Waals surface area (Å²) in [7, 11) is 3.56. The van der Waals surface area contributed by atoms with Crippen LogP contribution in [0, 0.1) is 0 Å². The van der Waals surface area contributed by atoms with Gasteiger partial charge in [-0.3, -0.25) is 16.0 Å². The Morgan fingerprint density at radius 2 is 1.94 bits per heavy atom. The first-order valence-electron chi connectivity index (χ1n) is 6.06. The predicted molar refractivity (Wildman–Crippen MR) is 68.7 cm³/mol. The molecule has 98 valence electrons. The van der Waals surface area contributed by atoms with Crippen LogP contribution in [-0.2, 0) is 15.2 Å². The first-order chi connectivity index (χ1) is 8.66. The number of carbonyl (C=O) groups is 1. The van der Waals surface area contributed by atoms with Crippen LogP contribution >= 0.6 is 0 Å². The highest BCUT2D eigenvalue weighted by Gasteiger charge is 2.73. The molecule has 2 unspecified atom stereocenters. The Morgan fingerprint density at radius 3 is 2.44 bits per heavy atom. The molecule has 1 aliphatic heterocycles. The maximum Gasteiger partial charge on any atom is 0.345 e. The Balaban J connectivity index is 2.35. The Bertz CT molecular complexity index is 437. The molecule has 0 saturated carbocycles. The molecule has 1 aliphatic rings. The minimum atomic E-state index is -0.904. The van der Waals surface area contributed by atoms with Gasteiger partial charge in [0.05, 0.1) is 6.61 Å². The molecule has 1 aromatic carbocycles. The molecule has 0 aromatic heterocycles. The van der Waals surface area contributed by atoms with Gasteiger partial charge in [0.2, 0.25) is 5.66 Å². The van der Waals surface area contributed by atoms with Gasteiger partial charge < -0.3 is 4.74 Å². The molecular formula is C13H19N3O2. The summed E-state index contributed by atoms with van der Waals surface area (Å²) < 4.78 is 5.13. The van der Waals surface area contributed by atoms with Crippen molar-refractivity contribution in [1.29, 1.82) is 0 Å². The van der Waals surface area contributed by atoms with Crippen molar-refractivity contribution in [2.75, 3.05) is 20.7 Å². The van der Waals surface area contributed by atoms with Gasteiger partial charge in [0.15, 0.2) is 0 Å². The molecule has 1 heterocycles. The van der Waals surface area contributed by atoms with Gasteiger partial charge in [-0.1, -0.05) is 30.3 Å². The van der Waals surface area contributed by atoms with Gasteiger partial charge in [-0.25, -0.2) is 4.79 Å². The molecule has 0 bridgehead atoms. The smallest absolute Gasteiger partial charge is 0.345 e. The molecule has 5 nitrogen and oxygen atoms in total. The molecule has 2 rings (SSSR count). The third-order valence-electron chi connectivity index (χ3n) is 3.41. The minimum absolute atomic E-state index is 0.300. The molecule has 0 amide bonds. The van der Waals surface area contributed by atoms with E-state index in [1.807, 2.05) is 37.4 Å². The van der Waals surface area contributed by atoms with Crippen molar-refractivity contribution in [1.82, 2.24) is 16.0 Å². The quantitative estimate of drug-likeness (QED) is 0.511. The molecule has 0 aliphatic carbocycles. The van der Waals surface area contributed by atoms with E-state index in [1.54, 1.807) is 14.0 Å². The normalized spacial score (nSPS) is 29.9. The fourth-order valence-electron chi connectivity index (χ4n) is 2.42. The van der Waals surface area contributed by atoms with Crippen molar-refractivity contribution in [2.45, 2.75) is 18.2 Å². The SMILES string of the molecule is CCOC(=O)C1(NC)NC1(NC)c1ccccc1. The Hall–Kier alpha value is -1.43. The Kier molecular flexibility index (Phi) is 3.38. The topological polar surface area (TPSA) is 72.3 Å². The maximum atomic E-state index is 12.1. The van der Waals surface area contributed by atoms with E-state index in [4.69, 9.17) is 4.74 Å². The van der Waals surface area contributed by atoms with E-state index in [1.165, 1.54) is 0 Å². The second kappa shape index (κ2) is 4.68. The number of rotatable bonds is 5. The molecule has 0 spiro atoms. The Morgan fingerprint density at radius 1 is 1.28 bits per heavy atom. The summed E-state index contributed by atoms with van der Waals surface area (Å²) in [6, 6.07) is 9.78. The second-order valence-corrected chi connectivity index (χ2v) is 4.21. The van der Waals surface area contributed by atoms with Crippen LogP contribution in [0.3, 0.4) is 0 Å². The van der Waals surface area contributed by atoms with Crippen LogP contribution in [0.2, 0.25) is 0 Å². The molecule has 3 N–H and O–H groups in total. The average Bonchev–Trinajstić information content (AvgIpc) is 3.11. The van der Waals surface area contributed by atoms with Gasteiger partial charge in [-0.05, 0) is 26.6 Å². The van der Waals surface area contributed by atoms with E-state index in [2.05, 4.69) is 16.0 Å². The highest BCUT2D eigenvalue weighted by Crippen LogP contribution is 2.43. The van der Waals surface area contributed by atoms with Crippen LogP contribution in [0.15, 0.2) is 30.3 Å². The number of carbonyl (C=O) groups excluding carboxylic acids is 1. The summed E-state index contributed by atoms with van der Waals surface area (Å²) in [5.41, 5.74) is -0.524. The summed E-state index contributed by atoms with van der Waals surface area (Å²) in [4.78, 5) is 12.1. The summed E-state index contributed by atoms with van der Waals surface area (Å²) in [6.07, 6.45) is 0. The van der Waals surface area contributed by atoms with Gasteiger partial charge in [0.25, 0.3) is 0 Å². The summed E-state index contributed by atoms with van der Waals surface area (Å²) in [6.45, 7) is 2.16. The van der Waals surface area contributed by atoms with E-state index in [-0.39, 0.29) is 5.97 Å². The van der Waals surface area contributed by atoms with Gasteiger partial charge in [-0.15, -0.1) is 0 Å². The van der Waals surface area contributed by atoms with Crippen molar-refractivity contribution in [3.8, 4) is 0 Å².